The van der Waals surface area contributed by atoms with Gasteiger partial charge in [0.1, 0.15) is 5.82 Å². The molecular formula is C7H17BKLi2N2O3P. The molecule has 0 aliphatic heterocycles. The molecule has 84 valence electrons. The molecule has 0 aliphatic carbocycles. The van der Waals surface area contributed by atoms with Crippen molar-refractivity contribution in [2.75, 3.05) is 19.0 Å². The summed E-state index contributed by atoms with van der Waals surface area (Å²) in [6.07, 6.45) is 1.79. The van der Waals surface area contributed by atoms with Crippen molar-refractivity contribution in [2.24, 2.45) is 0 Å². The van der Waals surface area contributed by atoms with Gasteiger partial charge in [-0.3, -0.25) is 0 Å². The van der Waals surface area contributed by atoms with Crippen molar-refractivity contribution in [2.45, 2.75) is 0 Å². The van der Waals surface area contributed by atoms with Crippen molar-refractivity contribution in [3.8, 4) is 0 Å². The summed E-state index contributed by atoms with van der Waals surface area (Å²) in [6.45, 7) is 0. The van der Waals surface area contributed by atoms with Gasteiger partial charge in [0.05, 0.1) is 0 Å². The van der Waals surface area contributed by atoms with Gasteiger partial charge in [0.25, 0.3) is 0 Å². The van der Waals surface area contributed by atoms with E-state index in [1.54, 1.807) is 6.20 Å². The van der Waals surface area contributed by atoms with Crippen molar-refractivity contribution in [1.29, 1.82) is 0 Å². The maximum absolute atomic E-state index is 7.10. The molecule has 1 aromatic heterocycles. The molecule has 3 N–H and O–H groups in total. The van der Waals surface area contributed by atoms with Crippen molar-refractivity contribution >= 4 is 23.3 Å². The second-order valence-corrected chi connectivity index (χ2v) is 2.35. The Bertz CT molecular complexity index is 216. The smallest absolute Gasteiger partial charge is 0.870 e. The van der Waals surface area contributed by atoms with Crippen LogP contribution in [0, 0.1) is 0 Å². The molecule has 0 aliphatic rings. The van der Waals surface area contributed by atoms with Crippen LogP contribution >= 0.6 is 9.03 Å². The minimum Gasteiger partial charge on any atom is -0.870 e. The van der Waals surface area contributed by atoms with Crippen molar-refractivity contribution in [3.05, 3.63) is 24.4 Å². The first-order valence-electron chi connectivity index (χ1n) is 3.29. The van der Waals surface area contributed by atoms with Crippen molar-refractivity contribution in [1.82, 2.24) is 4.98 Å². The molecule has 0 radical (unpaired) electrons. The van der Waals surface area contributed by atoms with Crippen LogP contribution in [0.2, 0.25) is 0 Å². The first-order chi connectivity index (χ1) is 5.72. The van der Waals surface area contributed by atoms with Crippen LogP contribution in [-0.4, -0.2) is 42.8 Å². The van der Waals surface area contributed by atoms with Crippen LogP contribution in [0.25, 0.3) is 0 Å². The minimum absolute atomic E-state index is 0. The van der Waals surface area contributed by atoms with Gasteiger partial charge in [0.2, 0.25) is 0 Å². The summed E-state index contributed by atoms with van der Waals surface area (Å²) in [5.74, 6) is 0.998. The zero-order valence-corrected chi connectivity index (χ0v) is 14.5. The monoisotopic (exact) mass is 272 g/mol. The average Bonchev–Trinajstić information content (AvgIpc) is 2.07. The third kappa shape index (κ3) is 23.6. The Labute approximate surface area is 173 Å². The Morgan fingerprint density at radius 1 is 1.18 bits per heavy atom. The second-order valence-electron chi connectivity index (χ2n) is 2.17. The van der Waals surface area contributed by atoms with E-state index in [0.717, 1.165) is 5.82 Å². The number of pyridine rings is 1. The standard InChI is InChI=1S/C7H10N2.BH4.K.2Li.H2O2P.H2O/c1-9(2)7-5-3-4-6-8-7;;;;;1-3-2;/h3-6H,1-2H3;1H4;;;;1-2H;1H2/q;-1;3*+1;-1;/p-1. The van der Waals surface area contributed by atoms with Gasteiger partial charge in [-0.1, -0.05) is 14.5 Å². The van der Waals surface area contributed by atoms with E-state index in [9.17, 15) is 0 Å². The molecule has 1 heterocycles. The van der Waals surface area contributed by atoms with E-state index in [1.807, 2.05) is 37.2 Å². The van der Waals surface area contributed by atoms with Crippen LogP contribution in [0.15, 0.2) is 24.4 Å². The Hall–Kier alpha value is 2.16. The molecule has 5 nitrogen and oxygen atoms in total. The van der Waals surface area contributed by atoms with Crippen LogP contribution in [0.3, 0.4) is 0 Å². The third-order valence-corrected chi connectivity index (χ3v) is 1.11. The van der Waals surface area contributed by atoms with Gasteiger partial charge in [-0.05, 0) is 12.1 Å². The quantitative estimate of drug-likeness (QED) is 0.391. The summed E-state index contributed by atoms with van der Waals surface area (Å²) < 4.78 is 0. The molecule has 0 unspecified atom stereocenters. The molecule has 17 heavy (non-hydrogen) atoms. The second kappa shape index (κ2) is 26.7. The van der Waals surface area contributed by atoms with Crippen molar-refractivity contribution in [3.63, 3.8) is 0 Å². The molecule has 0 fully saturated rings. The van der Waals surface area contributed by atoms with Gasteiger partial charge in [-0.2, -0.15) is 0 Å². The predicted octanol–water partition coefficient (Wildman–Crippen LogP) is -9.72. The molecule has 0 amide bonds. The predicted molar refractivity (Wildman–Crippen MR) is 63.2 cm³/mol. The van der Waals surface area contributed by atoms with E-state index in [2.05, 4.69) is 4.98 Å². The SMILES string of the molecule is CN(C)c1ccccn1.O[P-]O.[BH4-].[K+].[Li+].[Li+].[OH-]. The van der Waals surface area contributed by atoms with Gasteiger partial charge < -0.3 is 20.2 Å². The van der Waals surface area contributed by atoms with Gasteiger partial charge >= 0.3 is 89.1 Å². The van der Waals surface area contributed by atoms with E-state index in [-0.39, 0.29) is 103 Å². The van der Waals surface area contributed by atoms with Crippen LogP contribution < -0.4 is 94.0 Å². The fraction of sp³-hybridized carbons (Fsp3) is 0.286. The molecule has 10 heteroatoms. The molecule has 0 atom stereocenters. The summed E-state index contributed by atoms with van der Waals surface area (Å²) in [4.78, 5) is 20.3. The van der Waals surface area contributed by atoms with Crippen LogP contribution in [-0.2, 0) is 0 Å². The van der Waals surface area contributed by atoms with Crippen LogP contribution in [0.1, 0.15) is 0 Å². The Kier molecular flexibility index (Phi) is 57.2. The minimum atomic E-state index is -0.583. The first kappa shape index (κ1) is 36.5. The zero-order valence-electron chi connectivity index (χ0n) is 10.5. The number of hydrogen-bond acceptors (Lipinski definition) is 5. The van der Waals surface area contributed by atoms with Gasteiger partial charge in [-0.15, -0.1) is 0 Å². The maximum Gasteiger partial charge on any atom is 1.00 e. The Morgan fingerprint density at radius 3 is 1.76 bits per heavy atom. The van der Waals surface area contributed by atoms with Crippen LogP contribution in [0.4, 0.5) is 5.82 Å². The zero-order chi connectivity index (χ0) is 9.40. The summed E-state index contributed by atoms with van der Waals surface area (Å²) in [5, 5.41) is 0. The van der Waals surface area contributed by atoms with Gasteiger partial charge in [0.15, 0.2) is 0 Å². The Morgan fingerprint density at radius 2 is 1.59 bits per heavy atom. The van der Waals surface area contributed by atoms with Gasteiger partial charge in [-0.25, -0.2) is 14.0 Å². The normalized spacial score (nSPS) is 5.88. The van der Waals surface area contributed by atoms with E-state index in [4.69, 9.17) is 9.79 Å². The summed E-state index contributed by atoms with van der Waals surface area (Å²) >= 11 is 0. The van der Waals surface area contributed by atoms with E-state index < -0.39 is 9.03 Å². The summed E-state index contributed by atoms with van der Waals surface area (Å²) in [7, 11) is 3.37. The number of rotatable bonds is 1. The van der Waals surface area contributed by atoms with E-state index in [0.29, 0.717) is 0 Å². The maximum atomic E-state index is 7.10. The van der Waals surface area contributed by atoms with E-state index in [1.165, 1.54) is 0 Å². The summed E-state index contributed by atoms with van der Waals surface area (Å²) in [5.41, 5.74) is 0. The largest absolute Gasteiger partial charge is 1.00 e. The molecule has 1 aromatic rings. The molecular weight excluding hydrogens is 255 g/mol. The first-order valence-corrected chi connectivity index (χ1v) is 4.09. The fourth-order valence-electron chi connectivity index (χ4n) is 0.618. The van der Waals surface area contributed by atoms with Gasteiger partial charge in [0, 0.05) is 20.3 Å². The number of aromatic nitrogens is 1. The number of nitrogens with zero attached hydrogens (tertiary/aromatic N) is 2. The van der Waals surface area contributed by atoms with Crippen LogP contribution in [0.5, 0.6) is 0 Å². The third-order valence-electron chi connectivity index (χ3n) is 1.11. The fourth-order valence-corrected chi connectivity index (χ4v) is 0.618. The topological polar surface area (TPSA) is 86.6 Å². The number of anilines is 1. The molecule has 0 spiro atoms. The average molecular weight is 272 g/mol. The Balaban J connectivity index is -0.0000000349. The molecule has 0 saturated carbocycles. The molecule has 0 aromatic carbocycles. The molecule has 0 bridgehead atoms. The van der Waals surface area contributed by atoms with Crippen molar-refractivity contribution < 1.29 is 104 Å². The molecule has 0 saturated heterocycles. The van der Waals surface area contributed by atoms with E-state index >= 15 is 0 Å². The molecule has 1 rings (SSSR count). The number of hydrogen-bond donors (Lipinski definition) is 2. The summed E-state index contributed by atoms with van der Waals surface area (Å²) in [6, 6.07) is 5.86.